The normalized spacial score (nSPS) is 11.7. The van der Waals surface area contributed by atoms with Gasteiger partial charge in [-0.1, -0.05) is 65.7 Å². The molecule has 1 N–H and O–H groups in total. The molecule has 0 saturated heterocycles. The number of hydrogen-bond donors (Lipinski definition) is 1. The Morgan fingerprint density at radius 2 is 1.32 bits per heavy atom. The lowest BCUT2D eigenvalue weighted by Gasteiger charge is -2.04. The molecular formula is C21H20N4. The quantitative estimate of drug-likeness (QED) is 0.277. The summed E-state index contributed by atoms with van der Waals surface area (Å²) in [6.07, 6.45) is 0. The van der Waals surface area contributed by atoms with Crippen molar-refractivity contribution in [1.29, 1.82) is 0 Å². The molecule has 0 aliphatic carbocycles. The van der Waals surface area contributed by atoms with Crippen molar-refractivity contribution in [2.45, 2.75) is 13.8 Å². The molecule has 25 heavy (non-hydrogen) atoms. The highest BCUT2D eigenvalue weighted by Gasteiger charge is 2.03. The first-order valence-corrected chi connectivity index (χ1v) is 8.15. The molecule has 0 amide bonds. The molecule has 0 radical (unpaired) electrons. The Morgan fingerprint density at radius 1 is 0.720 bits per heavy atom. The van der Waals surface area contributed by atoms with Gasteiger partial charge in [0, 0.05) is 5.56 Å². The number of benzene rings is 3. The molecule has 0 saturated carbocycles. The maximum Gasteiger partial charge on any atom is 0.201 e. The smallest absolute Gasteiger partial charge is 0.201 e. The first kappa shape index (κ1) is 16.6. The van der Waals surface area contributed by atoms with E-state index < -0.39 is 0 Å². The second kappa shape index (κ2) is 8.02. The van der Waals surface area contributed by atoms with Crippen molar-refractivity contribution in [3.8, 4) is 0 Å². The van der Waals surface area contributed by atoms with E-state index in [2.05, 4.69) is 27.7 Å². The van der Waals surface area contributed by atoms with Crippen molar-refractivity contribution in [1.82, 2.24) is 0 Å². The summed E-state index contributed by atoms with van der Waals surface area (Å²) in [5.41, 5.74) is 8.02. The number of azo groups is 1. The van der Waals surface area contributed by atoms with E-state index >= 15 is 0 Å². The lowest BCUT2D eigenvalue weighted by atomic mass is 10.1. The molecule has 3 aromatic rings. The number of hydrogen-bond acceptors (Lipinski definition) is 3. The number of rotatable bonds is 4. The summed E-state index contributed by atoms with van der Waals surface area (Å²) in [5.74, 6) is 0.532. The minimum Gasteiger partial charge on any atom is -0.276 e. The molecule has 4 nitrogen and oxygen atoms in total. The molecule has 0 bridgehead atoms. The highest BCUT2D eigenvalue weighted by molar-refractivity contribution is 5.99. The average Bonchev–Trinajstić information content (AvgIpc) is 2.65. The lowest BCUT2D eigenvalue weighted by Crippen LogP contribution is -2.01. The summed E-state index contributed by atoms with van der Waals surface area (Å²) in [6.45, 7) is 4.10. The SMILES string of the molecule is Cc1ccc(N=N/C(=N/Nc2ccccc2)c2ccc(C)cc2)cc1. The monoisotopic (exact) mass is 328 g/mol. The lowest BCUT2D eigenvalue weighted by molar-refractivity contribution is 1.22. The predicted molar refractivity (Wildman–Crippen MR) is 103 cm³/mol. The van der Waals surface area contributed by atoms with Gasteiger partial charge in [-0.2, -0.15) is 5.10 Å². The third kappa shape index (κ3) is 4.85. The van der Waals surface area contributed by atoms with Gasteiger partial charge in [-0.25, -0.2) is 0 Å². The Morgan fingerprint density at radius 3 is 1.96 bits per heavy atom. The van der Waals surface area contributed by atoms with Crippen molar-refractivity contribution in [2.75, 3.05) is 5.43 Å². The van der Waals surface area contributed by atoms with Crippen LogP contribution in [0.3, 0.4) is 0 Å². The second-order valence-electron chi connectivity index (χ2n) is 5.81. The van der Waals surface area contributed by atoms with Crippen LogP contribution in [-0.2, 0) is 0 Å². The zero-order valence-corrected chi connectivity index (χ0v) is 14.3. The van der Waals surface area contributed by atoms with Crippen molar-refractivity contribution in [3.63, 3.8) is 0 Å². The van der Waals surface area contributed by atoms with Crippen molar-refractivity contribution in [3.05, 3.63) is 95.6 Å². The number of anilines is 1. The summed E-state index contributed by atoms with van der Waals surface area (Å²) in [6, 6.07) is 25.8. The number of aryl methyl sites for hydroxylation is 2. The van der Waals surface area contributed by atoms with Gasteiger partial charge in [-0.15, -0.1) is 10.2 Å². The van der Waals surface area contributed by atoms with E-state index in [4.69, 9.17) is 0 Å². The molecule has 0 unspecified atom stereocenters. The summed E-state index contributed by atoms with van der Waals surface area (Å²) >= 11 is 0. The maximum atomic E-state index is 4.43. The van der Waals surface area contributed by atoms with E-state index in [0.717, 1.165) is 16.9 Å². The van der Waals surface area contributed by atoms with E-state index in [1.165, 1.54) is 11.1 Å². The van der Waals surface area contributed by atoms with Gasteiger partial charge in [-0.3, -0.25) is 5.43 Å². The minimum absolute atomic E-state index is 0.532. The molecule has 0 aliphatic rings. The van der Waals surface area contributed by atoms with E-state index in [1.54, 1.807) is 0 Å². The van der Waals surface area contributed by atoms with Crippen LogP contribution in [0.25, 0.3) is 0 Å². The molecule has 0 aromatic heterocycles. The molecule has 124 valence electrons. The van der Waals surface area contributed by atoms with Crippen LogP contribution in [0.5, 0.6) is 0 Å². The first-order valence-electron chi connectivity index (χ1n) is 8.15. The van der Waals surface area contributed by atoms with E-state index in [1.807, 2.05) is 85.8 Å². The van der Waals surface area contributed by atoms with Gasteiger partial charge in [0.1, 0.15) is 0 Å². The molecule has 0 spiro atoms. The molecule has 3 aromatic carbocycles. The highest BCUT2D eigenvalue weighted by Crippen LogP contribution is 2.15. The fourth-order valence-electron chi connectivity index (χ4n) is 2.19. The van der Waals surface area contributed by atoms with Crippen LogP contribution in [0.4, 0.5) is 11.4 Å². The molecule has 0 aliphatic heterocycles. The summed E-state index contributed by atoms with van der Waals surface area (Å²) < 4.78 is 0. The van der Waals surface area contributed by atoms with Gasteiger partial charge in [0.25, 0.3) is 0 Å². The van der Waals surface area contributed by atoms with Gasteiger partial charge in [-0.05, 0) is 38.1 Å². The zero-order chi connectivity index (χ0) is 17.5. The summed E-state index contributed by atoms with van der Waals surface area (Å²) in [4.78, 5) is 0. The van der Waals surface area contributed by atoms with E-state index in [-0.39, 0.29) is 0 Å². The Labute approximate surface area is 148 Å². The van der Waals surface area contributed by atoms with Crippen molar-refractivity contribution >= 4 is 17.2 Å². The number of nitrogens with zero attached hydrogens (tertiary/aromatic N) is 3. The van der Waals surface area contributed by atoms with Crippen molar-refractivity contribution < 1.29 is 0 Å². The Hall–Kier alpha value is -3.27. The molecule has 0 fully saturated rings. The largest absolute Gasteiger partial charge is 0.276 e. The third-order valence-electron chi connectivity index (χ3n) is 3.67. The van der Waals surface area contributed by atoms with Crippen LogP contribution in [0.15, 0.2) is 94.2 Å². The van der Waals surface area contributed by atoms with Crippen LogP contribution in [0, 0.1) is 13.8 Å². The molecule has 0 atom stereocenters. The third-order valence-corrected chi connectivity index (χ3v) is 3.67. The van der Waals surface area contributed by atoms with Crippen LogP contribution in [-0.4, -0.2) is 5.84 Å². The fourth-order valence-corrected chi connectivity index (χ4v) is 2.19. The molecule has 3 rings (SSSR count). The predicted octanol–water partition coefficient (Wildman–Crippen LogP) is 5.86. The Balaban J connectivity index is 1.88. The first-order chi connectivity index (χ1) is 12.2. The van der Waals surface area contributed by atoms with E-state index in [0.29, 0.717) is 5.84 Å². The summed E-state index contributed by atoms with van der Waals surface area (Å²) in [7, 11) is 0. The van der Waals surface area contributed by atoms with Gasteiger partial charge < -0.3 is 0 Å². The molecular weight excluding hydrogens is 308 g/mol. The topological polar surface area (TPSA) is 49.1 Å². The Kier molecular flexibility index (Phi) is 5.32. The standard InChI is InChI=1S/C21H20N4/c1-16-8-12-18(13-9-16)21(24-22-19-6-4-3-5-7-19)25-23-20-14-10-17(2)11-15-20/h3-15,22H,1-2H3/b24-21+,25-23?. The van der Waals surface area contributed by atoms with Crippen LogP contribution in [0.2, 0.25) is 0 Å². The van der Waals surface area contributed by atoms with Crippen LogP contribution in [0.1, 0.15) is 16.7 Å². The van der Waals surface area contributed by atoms with Gasteiger partial charge in [0.2, 0.25) is 5.84 Å². The van der Waals surface area contributed by atoms with Crippen LogP contribution >= 0.6 is 0 Å². The fraction of sp³-hybridized carbons (Fsp3) is 0.0952. The average molecular weight is 328 g/mol. The zero-order valence-electron chi connectivity index (χ0n) is 14.3. The number of hydrazone groups is 1. The number of para-hydroxylation sites is 1. The molecule has 0 heterocycles. The Bertz CT molecular complexity index is 864. The van der Waals surface area contributed by atoms with Gasteiger partial charge >= 0.3 is 0 Å². The number of amidine groups is 1. The van der Waals surface area contributed by atoms with Gasteiger partial charge in [0.15, 0.2) is 0 Å². The minimum atomic E-state index is 0.532. The second-order valence-corrected chi connectivity index (χ2v) is 5.81. The van der Waals surface area contributed by atoms with E-state index in [9.17, 15) is 0 Å². The number of nitrogens with one attached hydrogen (secondary N) is 1. The highest BCUT2D eigenvalue weighted by atomic mass is 15.3. The van der Waals surface area contributed by atoms with Crippen molar-refractivity contribution in [2.24, 2.45) is 15.3 Å². The summed E-state index contributed by atoms with van der Waals surface area (Å²) in [5, 5.41) is 13.1. The van der Waals surface area contributed by atoms with Crippen LogP contribution < -0.4 is 5.43 Å². The molecule has 4 heteroatoms. The maximum absolute atomic E-state index is 4.43. The van der Waals surface area contributed by atoms with Gasteiger partial charge in [0.05, 0.1) is 11.4 Å².